The molecule has 0 fully saturated rings. The lowest BCUT2D eigenvalue weighted by molar-refractivity contribution is -0.137. The van der Waals surface area contributed by atoms with Crippen LogP contribution < -0.4 is 14.8 Å². The molecule has 0 unspecified atom stereocenters. The van der Waals surface area contributed by atoms with Crippen molar-refractivity contribution in [3.8, 4) is 17.4 Å². The Hall–Kier alpha value is -2.77. The first-order valence-corrected chi connectivity index (χ1v) is 6.68. The topological polar surface area (TPSA) is 60.5 Å². The Balaban J connectivity index is 1.85. The molecule has 1 aromatic carbocycles. The Morgan fingerprint density at radius 3 is 2.78 bits per heavy atom. The van der Waals surface area contributed by atoms with Crippen molar-refractivity contribution < 1.29 is 27.4 Å². The predicted molar refractivity (Wildman–Crippen MR) is 74.6 cm³/mol. The maximum absolute atomic E-state index is 12.5. The maximum atomic E-state index is 12.5. The van der Waals surface area contributed by atoms with Gasteiger partial charge in [-0.3, -0.25) is 4.79 Å². The summed E-state index contributed by atoms with van der Waals surface area (Å²) in [7, 11) is 0. The molecule has 0 spiro atoms. The molecule has 3 rings (SSSR count). The average Bonchev–Trinajstić information content (AvgIpc) is 2.96. The Morgan fingerprint density at radius 1 is 1.30 bits per heavy atom. The van der Waals surface area contributed by atoms with Gasteiger partial charge in [0.1, 0.15) is 11.5 Å². The number of hydrogen-bond acceptors (Lipinski definition) is 4. The molecule has 0 aliphatic carbocycles. The molecule has 0 saturated heterocycles. The van der Waals surface area contributed by atoms with Crippen molar-refractivity contribution in [3.05, 3.63) is 41.6 Å². The largest absolute Gasteiger partial charge is 0.491 e. The predicted octanol–water partition coefficient (Wildman–Crippen LogP) is 3.40. The number of halogens is 3. The van der Waals surface area contributed by atoms with E-state index in [-0.39, 0.29) is 5.88 Å². The molecule has 2 aromatic rings. The van der Waals surface area contributed by atoms with Crippen molar-refractivity contribution in [3.63, 3.8) is 0 Å². The van der Waals surface area contributed by atoms with Gasteiger partial charge < -0.3 is 14.8 Å². The quantitative estimate of drug-likeness (QED) is 0.876. The van der Waals surface area contributed by atoms with Crippen LogP contribution in [0.5, 0.6) is 17.4 Å². The molecule has 0 saturated carbocycles. The first kappa shape index (κ1) is 15.1. The van der Waals surface area contributed by atoms with Gasteiger partial charge in [-0.1, -0.05) is 0 Å². The minimum absolute atomic E-state index is 0.0221. The van der Waals surface area contributed by atoms with E-state index >= 15 is 0 Å². The second-order valence-electron chi connectivity index (χ2n) is 4.80. The van der Waals surface area contributed by atoms with Crippen LogP contribution in [0.15, 0.2) is 30.5 Å². The van der Waals surface area contributed by atoms with Crippen LogP contribution in [0.4, 0.5) is 18.9 Å². The number of carbonyl (C=O) groups excluding carboxylic acids is 1. The molecule has 1 aromatic heterocycles. The third kappa shape index (κ3) is 3.20. The number of fused-ring (bicyclic) bond motifs is 1. The van der Waals surface area contributed by atoms with Gasteiger partial charge >= 0.3 is 6.18 Å². The smallest absolute Gasteiger partial charge is 0.417 e. The van der Waals surface area contributed by atoms with Crippen LogP contribution in [0.2, 0.25) is 0 Å². The minimum atomic E-state index is -4.45. The fourth-order valence-corrected chi connectivity index (χ4v) is 2.24. The number of aromatic nitrogens is 1. The van der Waals surface area contributed by atoms with E-state index in [9.17, 15) is 18.0 Å². The van der Waals surface area contributed by atoms with E-state index in [4.69, 9.17) is 9.47 Å². The van der Waals surface area contributed by atoms with E-state index in [0.29, 0.717) is 42.8 Å². The third-order valence-electron chi connectivity index (χ3n) is 3.26. The van der Waals surface area contributed by atoms with Gasteiger partial charge in [0, 0.05) is 30.3 Å². The second kappa shape index (κ2) is 5.79. The summed E-state index contributed by atoms with van der Waals surface area (Å²) >= 11 is 0. The van der Waals surface area contributed by atoms with Crippen LogP contribution in [0.3, 0.4) is 0 Å². The number of pyridine rings is 1. The highest BCUT2D eigenvalue weighted by molar-refractivity contribution is 5.78. The van der Waals surface area contributed by atoms with Gasteiger partial charge in [-0.05, 0) is 12.1 Å². The first-order chi connectivity index (χ1) is 11.0. The molecule has 1 aliphatic rings. The molecular formula is C15H11F3N2O3. The van der Waals surface area contributed by atoms with Crippen molar-refractivity contribution in [2.75, 3.05) is 11.9 Å². The summed E-state index contributed by atoms with van der Waals surface area (Å²) < 4.78 is 48.4. The summed E-state index contributed by atoms with van der Waals surface area (Å²) in [5.41, 5.74) is 0.436. The van der Waals surface area contributed by atoms with Crippen molar-refractivity contribution in [2.24, 2.45) is 0 Å². The number of hydrogen-bond donors (Lipinski definition) is 1. The average molecular weight is 324 g/mol. The summed E-state index contributed by atoms with van der Waals surface area (Å²) in [6, 6.07) is 5.26. The van der Waals surface area contributed by atoms with Crippen LogP contribution in [0, 0.1) is 0 Å². The number of ether oxygens (including phenoxy) is 2. The van der Waals surface area contributed by atoms with Crippen LogP contribution >= 0.6 is 0 Å². The van der Waals surface area contributed by atoms with E-state index in [1.165, 1.54) is 6.07 Å². The second-order valence-corrected chi connectivity index (χ2v) is 4.80. The van der Waals surface area contributed by atoms with Gasteiger partial charge in [-0.25, -0.2) is 4.98 Å². The van der Waals surface area contributed by atoms with Crippen molar-refractivity contribution in [1.29, 1.82) is 0 Å². The zero-order valence-corrected chi connectivity index (χ0v) is 11.7. The lowest BCUT2D eigenvalue weighted by Gasteiger charge is -2.11. The Kier molecular flexibility index (Phi) is 3.81. The maximum Gasteiger partial charge on any atom is 0.417 e. The monoisotopic (exact) mass is 324 g/mol. The van der Waals surface area contributed by atoms with Gasteiger partial charge in [-0.2, -0.15) is 13.2 Å². The Labute approximate surface area is 129 Å². The number of alkyl halides is 3. The van der Waals surface area contributed by atoms with E-state index in [2.05, 4.69) is 10.3 Å². The van der Waals surface area contributed by atoms with Crippen molar-refractivity contribution >= 4 is 12.1 Å². The fourth-order valence-electron chi connectivity index (χ4n) is 2.24. The summed E-state index contributed by atoms with van der Waals surface area (Å²) in [5.74, 6) is 0.949. The van der Waals surface area contributed by atoms with Crippen LogP contribution in [-0.4, -0.2) is 18.0 Å². The lowest BCUT2D eigenvalue weighted by atomic mass is 10.1. The highest BCUT2D eigenvalue weighted by Crippen LogP contribution is 2.38. The number of anilines is 1. The normalized spacial score (nSPS) is 13.2. The highest BCUT2D eigenvalue weighted by Gasteiger charge is 2.30. The van der Waals surface area contributed by atoms with Gasteiger partial charge in [0.15, 0.2) is 0 Å². The van der Waals surface area contributed by atoms with Crippen molar-refractivity contribution in [2.45, 2.75) is 12.6 Å². The summed E-state index contributed by atoms with van der Waals surface area (Å²) in [4.78, 5) is 14.3. The summed E-state index contributed by atoms with van der Waals surface area (Å²) in [5, 5.41) is 2.51. The third-order valence-corrected chi connectivity index (χ3v) is 3.26. The molecule has 5 nitrogen and oxygen atoms in total. The molecule has 0 atom stereocenters. The number of amides is 1. The first-order valence-electron chi connectivity index (χ1n) is 6.68. The summed E-state index contributed by atoms with van der Waals surface area (Å²) in [6.45, 7) is 0.491. The zero-order valence-electron chi connectivity index (χ0n) is 11.7. The zero-order chi connectivity index (χ0) is 16.4. The van der Waals surface area contributed by atoms with Crippen LogP contribution in [0.1, 0.15) is 11.1 Å². The van der Waals surface area contributed by atoms with Gasteiger partial charge in [0.25, 0.3) is 0 Å². The van der Waals surface area contributed by atoms with E-state index in [1.54, 1.807) is 6.07 Å². The minimum Gasteiger partial charge on any atom is -0.491 e. The SMILES string of the molecule is O=CNc1cc(Oc2ccc(C(F)(F)F)cn2)cc2c1OCC2. The van der Waals surface area contributed by atoms with Gasteiger partial charge in [0.05, 0.1) is 17.9 Å². The lowest BCUT2D eigenvalue weighted by Crippen LogP contribution is -2.05. The number of carbonyl (C=O) groups is 1. The number of benzene rings is 1. The standard InChI is InChI=1S/C15H11F3N2O3/c16-15(17,18)10-1-2-13(19-7-10)23-11-5-9-3-4-22-14(9)12(6-11)20-8-21/h1-2,5-8H,3-4H2,(H,20,21). The number of rotatable bonds is 4. The molecule has 0 bridgehead atoms. The molecule has 0 radical (unpaired) electrons. The molecule has 8 heteroatoms. The van der Waals surface area contributed by atoms with E-state index < -0.39 is 11.7 Å². The van der Waals surface area contributed by atoms with E-state index in [0.717, 1.165) is 17.7 Å². The Bertz CT molecular complexity index is 730. The fraction of sp³-hybridized carbons (Fsp3) is 0.200. The molecule has 23 heavy (non-hydrogen) atoms. The van der Waals surface area contributed by atoms with Crippen LogP contribution in [-0.2, 0) is 17.4 Å². The van der Waals surface area contributed by atoms with E-state index in [1.807, 2.05) is 0 Å². The van der Waals surface area contributed by atoms with Gasteiger partial charge in [0.2, 0.25) is 12.3 Å². The van der Waals surface area contributed by atoms with Gasteiger partial charge in [-0.15, -0.1) is 0 Å². The highest BCUT2D eigenvalue weighted by atomic mass is 19.4. The molecule has 120 valence electrons. The molecule has 2 heterocycles. The van der Waals surface area contributed by atoms with Crippen LogP contribution in [0.25, 0.3) is 0 Å². The molecular weight excluding hydrogens is 313 g/mol. The Morgan fingerprint density at radius 2 is 2.13 bits per heavy atom. The number of nitrogens with zero attached hydrogens (tertiary/aromatic N) is 1. The molecule has 1 amide bonds. The summed E-state index contributed by atoms with van der Waals surface area (Å²) in [6.07, 6.45) is -2.58. The van der Waals surface area contributed by atoms with Crippen molar-refractivity contribution in [1.82, 2.24) is 4.98 Å². The number of nitrogens with one attached hydrogen (secondary N) is 1. The molecule has 1 aliphatic heterocycles. The molecule has 1 N–H and O–H groups in total.